The Morgan fingerprint density at radius 3 is 2.08 bits per heavy atom. The third-order valence-corrected chi connectivity index (χ3v) is 4.63. The van der Waals surface area contributed by atoms with E-state index in [-0.39, 0.29) is 18.0 Å². The van der Waals surface area contributed by atoms with E-state index in [1.54, 1.807) is 4.90 Å². The van der Waals surface area contributed by atoms with E-state index in [9.17, 15) is 9.59 Å². The van der Waals surface area contributed by atoms with E-state index in [0.717, 1.165) is 5.56 Å². The Morgan fingerprint density at radius 1 is 0.958 bits per heavy atom. The van der Waals surface area contributed by atoms with Gasteiger partial charge in [-0.15, -0.1) is 0 Å². The lowest BCUT2D eigenvalue weighted by molar-refractivity contribution is -0.131. The van der Waals surface area contributed by atoms with Gasteiger partial charge >= 0.3 is 6.03 Å². The van der Waals surface area contributed by atoms with Crippen molar-refractivity contribution in [3.8, 4) is 0 Å². The highest BCUT2D eigenvalue weighted by molar-refractivity contribution is 5.80. The monoisotopic (exact) mass is 331 g/mol. The topological polar surface area (TPSA) is 52.7 Å². The Labute approximate surface area is 145 Å². The molecule has 1 fully saturated rings. The third-order valence-electron chi connectivity index (χ3n) is 4.63. The van der Waals surface area contributed by atoms with Crippen molar-refractivity contribution < 1.29 is 9.59 Å². The molecule has 3 amide bonds. The van der Waals surface area contributed by atoms with Crippen molar-refractivity contribution in [2.45, 2.75) is 47.1 Å². The first kappa shape index (κ1) is 18.3. The number of hydrogen-bond donors (Lipinski definition) is 1. The Kier molecular flexibility index (Phi) is 5.86. The van der Waals surface area contributed by atoms with Crippen LogP contribution >= 0.6 is 0 Å². The first-order valence-corrected chi connectivity index (χ1v) is 8.68. The zero-order valence-electron chi connectivity index (χ0n) is 15.5. The number of nitrogens with one attached hydrogen (secondary N) is 1. The van der Waals surface area contributed by atoms with Crippen LogP contribution in [0.15, 0.2) is 12.1 Å². The molecule has 0 aliphatic carbocycles. The third kappa shape index (κ3) is 4.49. The summed E-state index contributed by atoms with van der Waals surface area (Å²) in [6.45, 7) is 12.5. The van der Waals surface area contributed by atoms with Crippen molar-refractivity contribution in [2.24, 2.45) is 0 Å². The smallest absolute Gasteiger partial charge is 0.317 e. The Bertz CT molecular complexity index is 617. The Balaban J connectivity index is 1.91. The van der Waals surface area contributed by atoms with E-state index >= 15 is 0 Å². The molecule has 1 saturated heterocycles. The van der Waals surface area contributed by atoms with Crippen molar-refractivity contribution in [3.63, 3.8) is 0 Å². The maximum atomic E-state index is 12.6. The lowest BCUT2D eigenvalue weighted by atomic mass is 9.98. The molecule has 1 heterocycles. The minimum absolute atomic E-state index is 0.0397. The number of urea groups is 1. The van der Waals surface area contributed by atoms with Crippen LogP contribution in [-0.2, 0) is 11.2 Å². The van der Waals surface area contributed by atoms with Gasteiger partial charge in [-0.05, 0) is 56.9 Å². The highest BCUT2D eigenvalue weighted by Crippen LogP contribution is 2.17. The van der Waals surface area contributed by atoms with E-state index in [4.69, 9.17) is 0 Å². The predicted molar refractivity (Wildman–Crippen MR) is 96.2 cm³/mol. The zero-order chi connectivity index (χ0) is 17.9. The van der Waals surface area contributed by atoms with E-state index < -0.39 is 0 Å². The highest BCUT2D eigenvalue weighted by atomic mass is 16.2. The standard InChI is InChI=1S/C19H29N3O2/c1-13(2)20-19(24)22-8-6-21(7-9-22)18(23)12-17-11-15(4)14(3)10-16(17)5/h10-11,13H,6-9,12H2,1-5H3,(H,20,24). The summed E-state index contributed by atoms with van der Waals surface area (Å²) in [7, 11) is 0. The fraction of sp³-hybridized carbons (Fsp3) is 0.579. The number of piperazine rings is 1. The fourth-order valence-electron chi connectivity index (χ4n) is 2.98. The summed E-state index contributed by atoms with van der Waals surface area (Å²) in [5.41, 5.74) is 4.75. The number of nitrogens with zero attached hydrogens (tertiary/aromatic N) is 2. The largest absolute Gasteiger partial charge is 0.339 e. The van der Waals surface area contributed by atoms with Crippen molar-refractivity contribution in [2.75, 3.05) is 26.2 Å². The van der Waals surface area contributed by atoms with Crippen LogP contribution in [0.3, 0.4) is 0 Å². The highest BCUT2D eigenvalue weighted by Gasteiger charge is 2.24. The molecule has 0 atom stereocenters. The molecule has 0 spiro atoms. The molecule has 1 N–H and O–H groups in total. The molecule has 5 heteroatoms. The van der Waals surface area contributed by atoms with Crippen molar-refractivity contribution in [1.29, 1.82) is 0 Å². The van der Waals surface area contributed by atoms with Crippen LogP contribution in [0.25, 0.3) is 0 Å². The summed E-state index contributed by atoms with van der Waals surface area (Å²) in [6.07, 6.45) is 0.436. The van der Waals surface area contributed by atoms with Gasteiger partial charge in [-0.25, -0.2) is 4.79 Å². The molecular weight excluding hydrogens is 302 g/mol. The van der Waals surface area contributed by atoms with Gasteiger partial charge in [0.2, 0.25) is 5.91 Å². The second-order valence-corrected chi connectivity index (χ2v) is 7.01. The number of aryl methyl sites for hydroxylation is 3. The van der Waals surface area contributed by atoms with Crippen LogP contribution in [0.4, 0.5) is 4.79 Å². The lowest BCUT2D eigenvalue weighted by Crippen LogP contribution is -2.54. The molecular formula is C19H29N3O2. The Morgan fingerprint density at radius 2 is 1.50 bits per heavy atom. The van der Waals surface area contributed by atoms with Gasteiger partial charge in [-0.1, -0.05) is 12.1 Å². The van der Waals surface area contributed by atoms with Crippen molar-refractivity contribution in [1.82, 2.24) is 15.1 Å². The van der Waals surface area contributed by atoms with Gasteiger partial charge < -0.3 is 15.1 Å². The van der Waals surface area contributed by atoms with Gasteiger partial charge in [0.05, 0.1) is 6.42 Å². The van der Waals surface area contributed by atoms with Gasteiger partial charge in [0.25, 0.3) is 0 Å². The number of carbonyl (C=O) groups excluding carboxylic acids is 2. The number of amides is 3. The van der Waals surface area contributed by atoms with Crippen molar-refractivity contribution >= 4 is 11.9 Å². The summed E-state index contributed by atoms with van der Waals surface area (Å²) in [5.74, 6) is 0.144. The van der Waals surface area contributed by atoms with E-state index in [0.29, 0.717) is 32.6 Å². The minimum atomic E-state index is -0.0397. The minimum Gasteiger partial charge on any atom is -0.339 e. The average molecular weight is 331 g/mol. The molecule has 5 nitrogen and oxygen atoms in total. The number of rotatable bonds is 3. The van der Waals surface area contributed by atoms with Gasteiger partial charge in [-0.3, -0.25) is 4.79 Å². The SMILES string of the molecule is Cc1cc(C)c(CC(=O)N2CCN(C(=O)NC(C)C)CC2)cc1C. The molecule has 0 radical (unpaired) electrons. The average Bonchev–Trinajstić information content (AvgIpc) is 2.52. The molecule has 2 rings (SSSR count). The molecule has 0 unspecified atom stereocenters. The maximum Gasteiger partial charge on any atom is 0.317 e. The molecule has 1 aliphatic rings. The molecule has 132 valence electrons. The first-order chi connectivity index (χ1) is 11.3. The number of hydrogen-bond acceptors (Lipinski definition) is 2. The summed E-state index contributed by atoms with van der Waals surface area (Å²) in [6, 6.07) is 4.35. The van der Waals surface area contributed by atoms with Crippen LogP contribution in [0.2, 0.25) is 0 Å². The molecule has 0 bridgehead atoms. The molecule has 0 aromatic heterocycles. The van der Waals surface area contributed by atoms with E-state index in [1.807, 2.05) is 18.7 Å². The summed E-state index contributed by atoms with van der Waals surface area (Å²) in [4.78, 5) is 28.2. The fourth-order valence-corrected chi connectivity index (χ4v) is 2.98. The molecule has 1 aliphatic heterocycles. The number of carbonyl (C=O) groups is 2. The quantitative estimate of drug-likeness (QED) is 0.925. The van der Waals surface area contributed by atoms with Gasteiger partial charge in [0.15, 0.2) is 0 Å². The summed E-state index contributed by atoms with van der Waals surface area (Å²) >= 11 is 0. The van der Waals surface area contributed by atoms with Gasteiger partial charge in [0, 0.05) is 32.2 Å². The van der Waals surface area contributed by atoms with E-state index in [1.165, 1.54) is 16.7 Å². The molecule has 1 aromatic rings. The summed E-state index contributed by atoms with van der Waals surface area (Å²) < 4.78 is 0. The molecule has 24 heavy (non-hydrogen) atoms. The Hall–Kier alpha value is -2.04. The second-order valence-electron chi connectivity index (χ2n) is 7.01. The first-order valence-electron chi connectivity index (χ1n) is 8.68. The van der Waals surface area contributed by atoms with Crippen LogP contribution in [0, 0.1) is 20.8 Å². The molecule has 0 saturated carbocycles. The van der Waals surface area contributed by atoms with Crippen LogP contribution in [0.5, 0.6) is 0 Å². The predicted octanol–water partition coefficient (Wildman–Crippen LogP) is 2.42. The van der Waals surface area contributed by atoms with Crippen LogP contribution < -0.4 is 5.32 Å². The van der Waals surface area contributed by atoms with E-state index in [2.05, 4.69) is 38.2 Å². The van der Waals surface area contributed by atoms with Gasteiger partial charge in [-0.2, -0.15) is 0 Å². The normalized spacial score (nSPS) is 14.9. The zero-order valence-corrected chi connectivity index (χ0v) is 15.5. The van der Waals surface area contributed by atoms with Crippen molar-refractivity contribution in [3.05, 3.63) is 34.4 Å². The number of benzene rings is 1. The van der Waals surface area contributed by atoms with Gasteiger partial charge in [0.1, 0.15) is 0 Å². The summed E-state index contributed by atoms with van der Waals surface area (Å²) in [5, 5.41) is 2.90. The lowest BCUT2D eigenvalue weighted by Gasteiger charge is -2.35. The maximum absolute atomic E-state index is 12.6. The van der Waals surface area contributed by atoms with Crippen LogP contribution in [-0.4, -0.2) is 54.0 Å². The molecule has 1 aromatic carbocycles. The van der Waals surface area contributed by atoms with Crippen LogP contribution in [0.1, 0.15) is 36.1 Å². The second kappa shape index (κ2) is 7.69.